The van der Waals surface area contributed by atoms with Crippen LogP contribution in [-0.4, -0.2) is 17.9 Å². The molecule has 0 fully saturated rings. The van der Waals surface area contributed by atoms with Crippen LogP contribution in [0.3, 0.4) is 0 Å². The summed E-state index contributed by atoms with van der Waals surface area (Å²) in [6.07, 6.45) is 3.16. The number of carbonyl (C=O) groups is 1. The number of pyridine rings is 1. The molecule has 0 amide bonds. The maximum Gasteiger partial charge on any atom is 0.224 e. The van der Waals surface area contributed by atoms with Crippen LogP contribution in [0, 0.1) is 0 Å². The first-order valence-electron chi connectivity index (χ1n) is 4.43. The highest BCUT2D eigenvalue weighted by Crippen LogP contribution is 2.20. The minimum atomic E-state index is -0.0966. The van der Waals surface area contributed by atoms with Gasteiger partial charge in [-0.05, 0) is 41.9 Å². The molecule has 0 bridgehead atoms. The van der Waals surface area contributed by atoms with Gasteiger partial charge in [0.15, 0.2) is 5.78 Å². The maximum atomic E-state index is 11.8. The second-order valence-corrected chi connectivity index (χ2v) is 4.21. The standard InChI is InChI=1S/C11H12BrNO2/c1-7(2)4-10(14)9-5-8(12)6-13-11(9)15-3/h4-6H,1-3H3. The number of rotatable bonds is 3. The van der Waals surface area contributed by atoms with Gasteiger partial charge < -0.3 is 4.74 Å². The van der Waals surface area contributed by atoms with Crippen molar-refractivity contribution in [2.45, 2.75) is 13.8 Å². The fourth-order valence-electron chi connectivity index (χ4n) is 1.11. The quantitative estimate of drug-likeness (QED) is 0.626. The molecule has 1 rings (SSSR count). The monoisotopic (exact) mass is 269 g/mol. The van der Waals surface area contributed by atoms with E-state index >= 15 is 0 Å². The van der Waals surface area contributed by atoms with E-state index in [9.17, 15) is 4.79 Å². The van der Waals surface area contributed by atoms with Gasteiger partial charge in [0, 0.05) is 10.7 Å². The summed E-state index contributed by atoms with van der Waals surface area (Å²) in [4.78, 5) is 15.8. The van der Waals surface area contributed by atoms with Crippen LogP contribution in [0.15, 0.2) is 28.4 Å². The average Bonchev–Trinajstić information content (AvgIpc) is 2.16. The van der Waals surface area contributed by atoms with Crippen LogP contribution in [-0.2, 0) is 0 Å². The number of hydrogen-bond donors (Lipinski definition) is 0. The summed E-state index contributed by atoms with van der Waals surface area (Å²) in [6.45, 7) is 3.74. The summed E-state index contributed by atoms with van der Waals surface area (Å²) >= 11 is 3.27. The number of ether oxygens (including phenoxy) is 1. The minimum Gasteiger partial charge on any atom is -0.480 e. The van der Waals surface area contributed by atoms with Gasteiger partial charge in [-0.15, -0.1) is 0 Å². The predicted octanol–water partition coefficient (Wildman–Crippen LogP) is 3.00. The van der Waals surface area contributed by atoms with Gasteiger partial charge in [0.1, 0.15) is 0 Å². The number of ketones is 1. The fraction of sp³-hybridized carbons (Fsp3) is 0.273. The van der Waals surface area contributed by atoms with Crippen molar-refractivity contribution in [1.82, 2.24) is 4.98 Å². The van der Waals surface area contributed by atoms with Crippen molar-refractivity contribution in [3.8, 4) is 5.88 Å². The lowest BCUT2D eigenvalue weighted by Crippen LogP contribution is -2.01. The molecule has 0 aliphatic rings. The Morgan fingerprint density at radius 1 is 1.53 bits per heavy atom. The van der Waals surface area contributed by atoms with Crippen molar-refractivity contribution in [3.05, 3.63) is 33.9 Å². The largest absolute Gasteiger partial charge is 0.480 e. The molecule has 0 aromatic carbocycles. The molecule has 0 N–H and O–H groups in total. The Balaban J connectivity index is 3.17. The van der Waals surface area contributed by atoms with E-state index in [0.717, 1.165) is 10.0 Å². The molecule has 1 aromatic heterocycles. The van der Waals surface area contributed by atoms with Crippen molar-refractivity contribution in [2.24, 2.45) is 0 Å². The summed E-state index contributed by atoms with van der Waals surface area (Å²) in [5, 5.41) is 0. The van der Waals surface area contributed by atoms with Crippen LogP contribution in [0.25, 0.3) is 0 Å². The highest BCUT2D eigenvalue weighted by molar-refractivity contribution is 9.10. The third kappa shape index (κ3) is 3.16. The Morgan fingerprint density at radius 2 is 2.20 bits per heavy atom. The number of aromatic nitrogens is 1. The summed E-state index contributed by atoms with van der Waals surface area (Å²) in [7, 11) is 1.50. The molecule has 0 unspecified atom stereocenters. The normalized spacial score (nSPS) is 9.60. The van der Waals surface area contributed by atoms with Gasteiger partial charge in [0.05, 0.1) is 12.7 Å². The number of halogens is 1. The minimum absolute atomic E-state index is 0.0966. The molecule has 0 aliphatic carbocycles. The highest BCUT2D eigenvalue weighted by atomic mass is 79.9. The molecule has 4 heteroatoms. The van der Waals surface area contributed by atoms with Gasteiger partial charge in [-0.1, -0.05) is 5.57 Å². The highest BCUT2D eigenvalue weighted by Gasteiger charge is 2.11. The zero-order chi connectivity index (χ0) is 11.4. The van der Waals surface area contributed by atoms with Crippen LogP contribution in [0.4, 0.5) is 0 Å². The third-order valence-corrected chi connectivity index (χ3v) is 2.13. The van der Waals surface area contributed by atoms with E-state index in [0.29, 0.717) is 11.4 Å². The molecular formula is C11H12BrNO2. The molecule has 0 spiro atoms. The lowest BCUT2D eigenvalue weighted by Gasteiger charge is -2.04. The number of allylic oxidation sites excluding steroid dienone is 2. The molecule has 1 aromatic rings. The lowest BCUT2D eigenvalue weighted by molar-refractivity contribution is 0.104. The van der Waals surface area contributed by atoms with Gasteiger partial charge in [0.25, 0.3) is 0 Å². The molecule has 3 nitrogen and oxygen atoms in total. The second kappa shape index (κ2) is 5.07. The number of methoxy groups -OCH3 is 1. The maximum absolute atomic E-state index is 11.8. The van der Waals surface area contributed by atoms with Crippen molar-refractivity contribution in [1.29, 1.82) is 0 Å². The van der Waals surface area contributed by atoms with E-state index in [1.54, 1.807) is 18.3 Å². The van der Waals surface area contributed by atoms with Crippen LogP contribution < -0.4 is 4.74 Å². The van der Waals surface area contributed by atoms with E-state index in [-0.39, 0.29) is 5.78 Å². The Morgan fingerprint density at radius 3 is 2.73 bits per heavy atom. The molecule has 15 heavy (non-hydrogen) atoms. The van der Waals surface area contributed by atoms with Crippen LogP contribution in [0.2, 0.25) is 0 Å². The number of hydrogen-bond acceptors (Lipinski definition) is 3. The first-order valence-corrected chi connectivity index (χ1v) is 5.22. The molecular weight excluding hydrogens is 258 g/mol. The van der Waals surface area contributed by atoms with E-state index in [2.05, 4.69) is 20.9 Å². The third-order valence-electron chi connectivity index (χ3n) is 1.70. The van der Waals surface area contributed by atoms with Crippen LogP contribution in [0.5, 0.6) is 5.88 Å². The average molecular weight is 270 g/mol. The van der Waals surface area contributed by atoms with Crippen molar-refractivity contribution < 1.29 is 9.53 Å². The van der Waals surface area contributed by atoms with Gasteiger partial charge >= 0.3 is 0 Å². The van der Waals surface area contributed by atoms with Crippen molar-refractivity contribution >= 4 is 21.7 Å². The van der Waals surface area contributed by atoms with E-state index < -0.39 is 0 Å². The number of nitrogens with zero attached hydrogens (tertiary/aromatic N) is 1. The first-order chi connectivity index (χ1) is 7.04. The van der Waals surface area contributed by atoms with E-state index in [1.807, 2.05) is 13.8 Å². The van der Waals surface area contributed by atoms with Crippen molar-refractivity contribution in [2.75, 3.05) is 7.11 Å². The summed E-state index contributed by atoms with van der Waals surface area (Å²) in [5.41, 5.74) is 1.41. The van der Waals surface area contributed by atoms with Crippen molar-refractivity contribution in [3.63, 3.8) is 0 Å². The Hall–Kier alpha value is -1.16. The molecule has 0 atom stereocenters. The fourth-order valence-corrected chi connectivity index (χ4v) is 1.44. The predicted molar refractivity (Wildman–Crippen MR) is 62.3 cm³/mol. The first kappa shape index (κ1) is 11.9. The summed E-state index contributed by atoms with van der Waals surface area (Å²) in [5.74, 6) is 0.251. The zero-order valence-corrected chi connectivity index (χ0v) is 10.5. The Kier molecular flexibility index (Phi) is 4.03. The second-order valence-electron chi connectivity index (χ2n) is 3.30. The van der Waals surface area contributed by atoms with Crippen LogP contribution >= 0.6 is 15.9 Å². The SMILES string of the molecule is COc1ncc(Br)cc1C(=O)C=C(C)C. The Bertz CT molecular complexity index is 409. The van der Waals surface area contributed by atoms with Gasteiger partial charge in [-0.25, -0.2) is 4.98 Å². The summed E-state index contributed by atoms with van der Waals surface area (Å²) in [6, 6.07) is 1.70. The smallest absolute Gasteiger partial charge is 0.224 e. The zero-order valence-electron chi connectivity index (χ0n) is 8.87. The molecule has 1 heterocycles. The molecule has 0 radical (unpaired) electrons. The van der Waals surface area contributed by atoms with Crippen LogP contribution in [0.1, 0.15) is 24.2 Å². The van der Waals surface area contributed by atoms with Gasteiger partial charge in [-0.3, -0.25) is 4.79 Å². The Labute approximate surface area is 97.3 Å². The van der Waals surface area contributed by atoms with E-state index in [1.165, 1.54) is 7.11 Å². The van der Waals surface area contributed by atoms with Gasteiger partial charge in [-0.2, -0.15) is 0 Å². The molecule has 0 saturated carbocycles. The molecule has 0 aliphatic heterocycles. The van der Waals surface area contributed by atoms with E-state index in [4.69, 9.17) is 4.74 Å². The number of carbonyl (C=O) groups excluding carboxylic acids is 1. The summed E-state index contributed by atoms with van der Waals surface area (Å²) < 4.78 is 5.78. The molecule has 80 valence electrons. The van der Waals surface area contributed by atoms with Gasteiger partial charge in [0.2, 0.25) is 5.88 Å². The molecule has 0 saturated heterocycles. The topological polar surface area (TPSA) is 39.2 Å². The lowest BCUT2D eigenvalue weighted by atomic mass is 10.1.